The number of hydrogen-bond donors (Lipinski definition) is 2. The molecular weight excluding hydrogens is 350 g/mol. The van der Waals surface area contributed by atoms with Crippen LogP contribution in [0, 0.1) is 12.8 Å². The zero-order chi connectivity index (χ0) is 18.8. The minimum Gasteiger partial charge on any atom is -0.341 e. The maximum Gasteiger partial charge on any atom is 0.262 e. The number of hydrogen-bond acceptors (Lipinski definition) is 5. The Hall–Kier alpha value is -1.93. The molecule has 0 bridgehead atoms. The number of nitrogens with one attached hydrogen (secondary N) is 2. The number of aryl methyl sites for hydroxylation is 2. The highest BCUT2D eigenvalue weighted by Crippen LogP contribution is 2.27. The smallest absolute Gasteiger partial charge is 0.262 e. The zero-order valence-corrected chi connectivity index (χ0v) is 16.7. The first-order valence-electron chi connectivity index (χ1n) is 9.08. The van der Waals surface area contributed by atoms with Gasteiger partial charge < -0.3 is 15.5 Å². The van der Waals surface area contributed by atoms with Gasteiger partial charge in [-0.25, -0.2) is 0 Å². The molecule has 3 heterocycles. The molecule has 2 aromatic rings. The van der Waals surface area contributed by atoms with Crippen LogP contribution in [0.2, 0.25) is 0 Å². The number of nitrogens with zero attached hydrogens (tertiary/aromatic N) is 3. The molecule has 2 N–H and O–H groups in total. The third-order valence-electron chi connectivity index (χ3n) is 5.06. The standard InChI is InChI=1S/C18H27N5O2S/c1-11-14-9-15(26-18(14)22(4)21-11)16(24)20-12(2)17(25)23-7-5-13(6-8-23)10-19-3/h9,12-13,19H,5-8,10H2,1-4H3,(H,20,24). The molecule has 142 valence electrons. The van der Waals surface area contributed by atoms with E-state index < -0.39 is 6.04 Å². The van der Waals surface area contributed by atoms with Crippen molar-refractivity contribution in [1.82, 2.24) is 25.3 Å². The molecule has 0 saturated carbocycles. The van der Waals surface area contributed by atoms with Gasteiger partial charge in [0, 0.05) is 25.5 Å². The number of piperidine rings is 1. The molecule has 7 nitrogen and oxygen atoms in total. The lowest BCUT2D eigenvalue weighted by Gasteiger charge is -2.33. The molecule has 2 amide bonds. The number of rotatable bonds is 5. The molecule has 1 atom stereocenters. The quantitative estimate of drug-likeness (QED) is 0.828. The van der Waals surface area contributed by atoms with Crippen LogP contribution in [-0.4, -0.2) is 59.2 Å². The van der Waals surface area contributed by atoms with Crippen molar-refractivity contribution in [3.63, 3.8) is 0 Å². The van der Waals surface area contributed by atoms with Crippen molar-refractivity contribution in [3.05, 3.63) is 16.6 Å². The number of carbonyl (C=O) groups is 2. The van der Waals surface area contributed by atoms with Gasteiger partial charge in [-0.15, -0.1) is 11.3 Å². The van der Waals surface area contributed by atoms with E-state index in [0.717, 1.165) is 48.4 Å². The predicted octanol–water partition coefficient (Wildman–Crippen LogP) is 1.52. The molecule has 1 aliphatic rings. The predicted molar refractivity (Wildman–Crippen MR) is 103 cm³/mol. The molecule has 1 aliphatic heterocycles. The van der Waals surface area contributed by atoms with Crippen molar-refractivity contribution >= 4 is 33.4 Å². The van der Waals surface area contributed by atoms with Crippen molar-refractivity contribution in [2.75, 3.05) is 26.7 Å². The van der Waals surface area contributed by atoms with Crippen molar-refractivity contribution < 1.29 is 9.59 Å². The summed E-state index contributed by atoms with van der Waals surface area (Å²) in [6, 6.07) is 1.34. The van der Waals surface area contributed by atoms with Gasteiger partial charge in [-0.2, -0.15) is 5.10 Å². The minimum absolute atomic E-state index is 0.000200. The number of thiophene rings is 1. The first kappa shape index (κ1) is 18.8. The summed E-state index contributed by atoms with van der Waals surface area (Å²) in [6.07, 6.45) is 2.02. The lowest BCUT2D eigenvalue weighted by atomic mass is 9.96. The fourth-order valence-electron chi connectivity index (χ4n) is 3.57. The number of carbonyl (C=O) groups excluding carboxylic acids is 2. The van der Waals surface area contributed by atoms with Gasteiger partial charge in [0.15, 0.2) is 0 Å². The van der Waals surface area contributed by atoms with Crippen LogP contribution < -0.4 is 10.6 Å². The Morgan fingerprint density at radius 2 is 2.08 bits per heavy atom. The maximum absolute atomic E-state index is 12.6. The lowest BCUT2D eigenvalue weighted by Crippen LogP contribution is -2.49. The molecule has 1 unspecified atom stereocenters. The van der Waals surface area contributed by atoms with Gasteiger partial charge in [0.05, 0.1) is 10.6 Å². The summed E-state index contributed by atoms with van der Waals surface area (Å²) in [4.78, 5) is 28.7. The van der Waals surface area contributed by atoms with Crippen LogP contribution in [0.3, 0.4) is 0 Å². The van der Waals surface area contributed by atoms with E-state index >= 15 is 0 Å². The van der Waals surface area contributed by atoms with Gasteiger partial charge in [-0.1, -0.05) is 0 Å². The largest absolute Gasteiger partial charge is 0.341 e. The Labute approximate surface area is 157 Å². The van der Waals surface area contributed by atoms with Crippen LogP contribution in [0.4, 0.5) is 0 Å². The SMILES string of the molecule is CNCC1CCN(C(=O)C(C)NC(=O)c2cc3c(C)nn(C)c3s2)CC1. The van der Waals surface area contributed by atoms with Crippen molar-refractivity contribution in [2.24, 2.45) is 13.0 Å². The van der Waals surface area contributed by atoms with Gasteiger partial charge in [0.1, 0.15) is 10.9 Å². The number of fused-ring (bicyclic) bond motifs is 1. The summed E-state index contributed by atoms with van der Waals surface area (Å²) in [7, 11) is 3.83. The topological polar surface area (TPSA) is 79.3 Å². The fraction of sp³-hybridized carbons (Fsp3) is 0.611. The first-order valence-corrected chi connectivity index (χ1v) is 9.89. The highest BCUT2D eigenvalue weighted by molar-refractivity contribution is 7.20. The number of amides is 2. The van der Waals surface area contributed by atoms with Crippen LogP contribution in [0.15, 0.2) is 6.07 Å². The molecule has 1 fully saturated rings. The second-order valence-electron chi connectivity index (χ2n) is 7.06. The highest BCUT2D eigenvalue weighted by atomic mass is 32.1. The Bertz CT molecular complexity index is 769. The Morgan fingerprint density at radius 1 is 1.38 bits per heavy atom. The molecule has 2 aromatic heterocycles. The second kappa shape index (κ2) is 7.75. The van der Waals surface area contributed by atoms with E-state index in [4.69, 9.17) is 0 Å². The van der Waals surface area contributed by atoms with Gasteiger partial charge in [-0.05, 0) is 52.3 Å². The van der Waals surface area contributed by atoms with E-state index in [2.05, 4.69) is 15.7 Å². The minimum atomic E-state index is -0.521. The van der Waals surface area contributed by atoms with Crippen molar-refractivity contribution in [2.45, 2.75) is 32.7 Å². The van der Waals surface area contributed by atoms with E-state index in [9.17, 15) is 9.59 Å². The summed E-state index contributed by atoms with van der Waals surface area (Å²) in [5.41, 5.74) is 0.909. The summed E-state index contributed by atoms with van der Waals surface area (Å²) < 4.78 is 1.79. The Morgan fingerprint density at radius 3 is 2.69 bits per heavy atom. The van der Waals surface area contributed by atoms with Crippen LogP contribution in [0.25, 0.3) is 10.2 Å². The van der Waals surface area contributed by atoms with Crippen molar-refractivity contribution in [1.29, 1.82) is 0 Å². The highest BCUT2D eigenvalue weighted by Gasteiger charge is 2.27. The number of likely N-dealkylation sites (tertiary alicyclic amines) is 1. The van der Waals surface area contributed by atoms with E-state index in [1.807, 2.05) is 32.0 Å². The van der Waals surface area contributed by atoms with E-state index in [1.165, 1.54) is 11.3 Å². The lowest BCUT2D eigenvalue weighted by molar-refractivity contribution is -0.134. The number of aromatic nitrogens is 2. The van der Waals surface area contributed by atoms with Crippen LogP contribution in [0.5, 0.6) is 0 Å². The van der Waals surface area contributed by atoms with Crippen molar-refractivity contribution in [3.8, 4) is 0 Å². The fourth-order valence-corrected chi connectivity index (χ4v) is 4.59. The van der Waals surface area contributed by atoms with Gasteiger partial charge in [0.2, 0.25) is 5.91 Å². The van der Waals surface area contributed by atoms with Gasteiger partial charge in [0.25, 0.3) is 5.91 Å². The summed E-state index contributed by atoms with van der Waals surface area (Å²) in [5.74, 6) is 0.432. The monoisotopic (exact) mass is 377 g/mol. The average molecular weight is 378 g/mol. The third kappa shape index (κ3) is 3.76. The molecule has 26 heavy (non-hydrogen) atoms. The van der Waals surface area contributed by atoms with Crippen LogP contribution in [0.1, 0.15) is 35.1 Å². The molecule has 1 saturated heterocycles. The van der Waals surface area contributed by atoms with Crippen LogP contribution >= 0.6 is 11.3 Å². The Balaban J connectivity index is 1.59. The molecule has 0 spiro atoms. The zero-order valence-electron chi connectivity index (χ0n) is 15.8. The molecule has 0 aliphatic carbocycles. The average Bonchev–Trinajstić information content (AvgIpc) is 3.17. The first-order chi connectivity index (χ1) is 12.4. The summed E-state index contributed by atoms with van der Waals surface area (Å²) in [6.45, 7) is 6.22. The summed E-state index contributed by atoms with van der Waals surface area (Å²) >= 11 is 1.40. The van der Waals surface area contributed by atoms with E-state index in [-0.39, 0.29) is 11.8 Å². The van der Waals surface area contributed by atoms with Crippen LogP contribution in [-0.2, 0) is 11.8 Å². The third-order valence-corrected chi connectivity index (χ3v) is 6.26. The molecule has 0 aromatic carbocycles. The van der Waals surface area contributed by atoms with Gasteiger partial charge in [-0.3, -0.25) is 14.3 Å². The normalized spacial score (nSPS) is 16.8. The molecule has 0 radical (unpaired) electrons. The maximum atomic E-state index is 12.6. The van der Waals surface area contributed by atoms with E-state index in [1.54, 1.807) is 11.6 Å². The molecular formula is C18H27N5O2S. The summed E-state index contributed by atoms with van der Waals surface area (Å²) in [5, 5.41) is 11.4. The second-order valence-corrected chi connectivity index (χ2v) is 8.09. The Kier molecular flexibility index (Phi) is 5.62. The molecule has 3 rings (SSSR count). The van der Waals surface area contributed by atoms with E-state index in [0.29, 0.717) is 10.8 Å². The van der Waals surface area contributed by atoms with Gasteiger partial charge >= 0.3 is 0 Å². The molecule has 8 heteroatoms.